The molecule has 0 spiro atoms. The molecule has 0 saturated heterocycles. The second-order valence-corrected chi connectivity index (χ2v) is 11.4. The maximum absolute atomic E-state index is 13.6. The Kier molecular flexibility index (Phi) is 10.7. The topological polar surface area (TPSA) is 133 Å². The molecule has 10 heteroatoms. The first kappa shape index (κ1) is 34.3. The smallest absolute Gasteiger partial charge is 0.318 e. The molecule has 4 aromatic carbocycles. The van der Waals surface area contributed by atoms with E-state index in [-0.39, 0.29) is 28.8 Å². The zero-order valence-electron chi connectivity index (χ0n) is 27.7. The molecule has 0 N–H and O–H groups in total. The molecule has 1 aromatic heterocycles. The molecular formula is C39H35N3O7. The third-order valence-corrected chi connectivity index (χ3v) is 7.78. The second kappa shape index (κ2) is 15.2. The summed E-state index contributed by atoms with van der Waals surface area (Å²) in [6.07, 6.45) is 1.83. The Morgan fingerprint density at radius 1 is 0.571 bits per heavy atom. The number of fused-ring (bicyclic) bond motifs is 3. The molecule has 49 heavy (non-hydrogen) atoms. The van der Waals surface area contributed by atoms with E-state index >= 15 is 0 Å². The van der Waals surface area contributed by atoms with Crippen molar-refractivity contribution < 1.29 is 33.6 Å². The van der Waals surface area contributed by atoms with Gasteiger partial charge in [0, 0.05) is 52.6 Å². The standard InChI is InChI=1S/C39H35N3O7/c1-5-10-33(40-48-24(3)43)38(46)28-16-20-35-31(22-28)32-23-29(39(47)34(11-6-2)41-49-25(4)44)17-21-36(32)42(35)30-18-14-27(15-19-30)37(45)26-12-8-7-9-13-26/h7-9,12-23H,5-6,10-11H2,1-4H3. The van der Waals surface area contributed by atoms with Gasteiger partial charge in [0.25, 0.3) is 0 Å². The van der Waals surface area contributed by atoms with E-state index in [2.05, 4.69) is 10.3 Å². The molecule has 248 valence electrons. The van der Waals surface area contributed by atoms with Crippen LogP contribution in [0.25, 0.3) is 27.5 Å². The number of rotatable bonds is 13. The van der Waals surface area contributed by atoms with Crippen LogP contribution >= 0.6 is 0 Å². The van der Waals surface area contributed by atoms with Crippen LogP contribution in [0.1, 0.15) is 90.0 Å². The fourth-order valence-corrected chi connectivity index (χ4v) is 5.55. The quantitative estimate of drug-likeness (QED) is 0.0545. The highest BCUT2D eigenvalue weighted by atomic mass is 16.7. The van der Waals surface area contributed by atoms with Gasteiger partial charge in [0.15, 0.2) is 5.78 Å². The molecule has 0 fully saturated rings. The van der Waals surface area contributed by atoms with Crippen molar-refractivity contribution in [2.45, 2.75) is 53.4 Å². The monoisotopic (exact) mass is 657 g/mol. The molecule has 0 saturated carbocycles. The maximum atomic E-state index is 13.6. The summed E-state index contributed by atoms with van der Waals surface area (Å²) in [4.78, 5) is 72.8. The minimum Gasteiger partial charge on any atom is -0.318 e. The van der Waals surface area contributed by atoms with Gasteiger partial charge in [0.05, 0.1) is 11.0 Å². The first-order chi connectivity index (χ1) is 23.6. The van der Waals surface area contributed by atoms with E-state index < -0.39 is 11.9 Å². The number of hydrogen-bond donors (Lipinski definition) is 0. The Morgan fingerprint density at radius 2 is 1.00 bits per heavy atom. The van der Waals surface area contributed by atoms with Gasteiger partial charge >= 0.3 is 11.9 Å². The molecule has 0 unspecified atom stereocenters. The predicted octanol–water partition coefficient (Wildman–Crippen LogP) is 7.82. The first-order valence-electron chi connectivity index (χ1n) is 16.0. The predicted molar refractivity (Wildman–Crippen MR) is 188 cm³/mol. The summed E-state index contributed by atoms with van der Waals surface area (Å²) in [5.74, 6) is -2.14. The van der Waals surface area contributed by atoms with Crippen molar-refractivity contribution in [3.05, 3.63) is 113 Å². The molecule has 10 nitrogen and oxygen atoms in total. The van der Waals surface area contributed by atoms with Crippen LogP contribution in [0.4, 0.5) is 0 Å². The second-order valence-electron chi connectivity index (χ2n) is 11.4. The number of carbonyl (C=O) groups is 5. The van der Waals surface area contributed by atoms with Crippen molar-refractivity contribution in [3.63, 3.8) is 0 Å². The number of aromatic nitrogens is 1. The van der Waals surface area contributed by atoms with Crippen molar-refractivity contribution in [2.75, 3.05) is 0 Å². The summed E-state index contributed by atoms with van der Waals surface area (Å²) < 4.78 is 1.99. The molecule has 0 atom stereocenters. The van der Waals surface area contributed by atoms with Crippen LogP contribution < -0.4 is 0 Å². The van der Waals surface area contributed by atoms with Crippen molar-refractivity contribution in [1.82, 2.24) is 4.57 Å². The first-order valence-corrected chi connectivity index (χ1v) is 16.0. The lowest BCUT2D eigenvalue weighted by molar-refractivity contribution is -0.141. The minimum absolute atomic E-state index is 0.0997. The van der Waals surface area contributed by atoms with Gasteiger partial charge in [-0.15, -0.1) is 0 Å². The van der Waals surface area contributed by atoms with Crippen LogP contribution in [0.2, 0.25) is 0 Å². The normalized spacial score (nSPS) is 11.8. The van der Waals surface area contributed by atoms with Crippen molar-refractivity contribution in [1.29, 1.82) is 0 Å². The van der Waals surface area contributed by atoms with Crippen molar-refractivity contribution >= 4 is 62.5 Å². The van der Waals surface area contributed by atoms with Crippen molar-refractivity contribution in [2.24, 2.45) is 10.3 Å². The van der Waals surface area contributed by atoms with E-state index in [1.54, 1.807) is 48.5 Å². The lowest BCUT2D eigenvalue weighted by Crippen LogP contribution is -2.15. The van der Waals surface area contributed by atoms with Gasteiger partial charge in [-0.1, -0.05) is 67.3 Å². The Balaban J connectivity index is 1.67. The van der Waals surface area contributed by atoms with Gasteiger partial charge in [-0.05, 0) is 73.5 Å². The van der Waals surface area contributed by atoms with E-state index in [0.717, 1.165) is 16.7 Å². The molecule has 0 aliphatic heterocycles. The summed E-state index contributed by atoms with van der Waals surface area (Å²) >= 11 is 0. The maximum Gasteiger partial charge on any atom is 0.331 e. The molecule has 5 aromatic rings. The number of Topliss-reactive ketones (excluding diaryl/α,β-unsaturated/α-hetero) is 2. The van der Waals surface area contributed by atoms with Gasteiger partial charge in [0.1, 0.15) is 11.4 Å². The van der Waals surface area contributed by atoms with E-state index in [0.29, 0.717) is 58.7 Å². The summed E-state index contributed by atoms with van der Waals surface area (Å²) in [6.45, 7) is 6.21. The van der Waals surface area contributed by atoms with E-state index in [9.17, 15) is 24.0 Å². The van der Waals surface area contributed by atoms with Crippen LogP contribution in [0, 0.1) is 0 Å². The molecule has 0 bridgehead atoms. The zero-order valence-corrected chi connectivity index (χ0v) is 27.7. The number of carbonyl (C=O) groups excluding carboxylic acids is 5. The average Bonchev–Trinajstić information content (AvgIpc) is 3.44. The van der Waals surface area contributed by atoms with Crippen LogP contribution in [0.5, 0.6) is 0 Å². The van der Waals surface area contributed by atoms with E-state index in [1.165, 1.54) is 13.8 Å². The highest BCUT2D eigenvalue weighted by Gasteiger charge is 2.22. The summed E-state index contributed by atoms with van der Waals surface area (Å²) in [6, 6.07) is 26.7. The molecule has 0 amide bonds. The van der Waals surface area contributed by atoms with Gasteiger partial charge in [0.2, 0.25) is 11.6 Å². The van der Waals surface area contributed by atoms with Crippen LogP contribution in [0.15, 0.2) is 101 Å². The van der Waals surface area contributed by atoms with Gasteiger partial charge in [-0.3, -0.25) is 14.4 Å². The fourth-order valence-electron chi connectivity index (χ4n) is 5.55. The van der Waals surface area contributed by atoms with Crippen molar-refractivity contribution in [3.8, 4) is 5.69 Å². The summed E-state index contributed by atoms with van der Waals surface area (Å²) in [7, 11) is 0. The average molecular weight is 658 g/mol. The lowest BCUT2D eigenvalue weighted by atomic mass is 9.99. The Bertz CT molecular complexity index is 2040. The highest BCUT2D eigenvalue weighted by molar-refractivity contribution is 6.47. The minimum atomic E-state index is -0.631. The summed E-state index contributed by atoms with van der Waals surface area (Å²) in [5.41, 5.74) is 4.24. The zero-order chi connectivity index (χ0) is 35.1. The SMILES string of the molecule is CCCC(=NOC(C)=O)C(=O)c1ccc2c(c1)c1cc(C(=O)C(CCC)=NOC(C)=O)ccc1n2-c1ccc(C(=O)c2ccccc2)cc1. The Hall–Kier alpha value is -6.03. The number of oxime groups is 2. The van der Waals surface area contributed by atoms with Gasteiger partial charge in [-0.2, -0.15) is 0 Å². The number of hydrogen-bond acceptors (Lipinski definition) is 9. The molecule has 0 radical (unpaired) electrons. The van der Waals surface area contributed by atoms with Crippen LogP contribution in [-0.4, -0.2) is 45.3 Å². The Morgan fingerprint density at radius 3 is 1.43 bits per heavy atom. The van der Waals surface area contributed by atoms with Crippen LogP contribution in [-0.2, 0) is 19.3 Å². The number of nitrogens with zero attached hydrogens (tertiary/aromatic N) is 3. The lowest BCUT2D eigenvalue weighted by Gasteiger charge is -2.10. The summed E-state index contributed by atoms with van der Waals surface area (Å²) in [5, 5.41) is 9.00. The molecule has 0 aliphatic rings. The number of benzene rings is 4. The molecule has 0 aliphatic carbocycles. The fraction of sp³-hybridized carbons (Fsp3) is 0.205. The third-order valence-electron chi connectivity index (χ3n) is 7.78. The highest BCUT2D eigenvalue weighted by Crippen LogP contribution is 2.34. The Labute approximate surface area is 283 Å². The molecular weight excluding hydrogens is 622 g/mol. The van der Waals surface area contributed by atoms with Gasteiger partial charge in [-0.25, -0.2) is 9.59 Å². The van der Waals surface area contributed by atoms with Gasteiger partial charge < -0.3 is 14.2 Å². The molecule has 1 heterocycles. The largest absolute Gasteiger partial charge is 0.331 e. The third kappa shape index (κ3) is 7.59. The molecule has 5 rings (SSSR count). The number of ketones is 3. The van der Waals surface area contributed by atoms with Crippen LogP contribution in [0.3, 0.4) is 0 Å². The van der Waals surface area contributed by atoms with E-state index in [1.807, 2.05) is 60.9 Å². The van der Waals surface area contributed by atoms with E-state index in [4.69, 9.17) is 9.68 Å².